The third kappa shape index (κ3) is 5.05. The fourth-order valence-electron chi connectivity index (χ4n) is 5.99. The quantitative estimate of drug-likeness (QED) is 0.345. The Hall–Kier alpha value is -2.82. The van der Waals surface area contributed by atoms with E-state index in [4.69, 9.17) is 26.8 Å². The number of nitrogens with two attached hydrogens (primary N) is 1. The number of benzene rings is 2. The Morgan fingerprint density at radius 2 is 2.00 bits per heavy atom. The second-order valence-electron chi connectivity index (χ2n) is 10.9. The molecule has 1 aliphatic heterocycles. The lowest BCUT2D eigenvalue weighted by Crippen LogP contribution is -2.50. The van der Waals surface area contributed by atoms with E-state index < -0.39 is 29.1 Å². The molecule has 0 saturated heterocycles. The lowest BCUT2D eigenvalue weighted by molar-refractivity contribution is -0.114. The molecule has 3 aliphatic rings. The standard InChI is InChI=1S/C30H33ClF2N2O5/c1-29(33)24(39-10-9-36)8-7-20(28(34)38)26(29)25-21-14-30(18-5-3-2-4-6-18,16-35-19-11-17(12-19)15-37)40-23(21)13-22(32)27(25)31/h2-8,13,17,19,24,35-37H,9-12,14-16H2,1H3,(H2,34,38)/t17-,19-,24?,29?,30-/m1/s1. The molecule has 214 valence electrons. The number of carbonyl (C=O) groups excluding carboxylic acids is 1. The van der Waals surface area contributed by atoms with Gasteiger partial charge in [-0.05, 0) is 31.2 Å². The number of fused-ring (bicyclic) bond motifs is 1. The van der Waals surface area contributed by atoms with Crippen LogP contribution in [-0.4, -0.2) is 60.3 Å². The zero-order valence-corrected chi connectivity index (χ0v) is 22.9. The first-order chi connectivity index (χ1) is 19.1. The number of alkyl halides is 1. The number of ether oxygens (including phenoxy) is 2. The van der Waals surface area contributed by atoms with Gasteiger partial charge in [0, 0.05) is 54.0 Å². The van der Waals surface area contributed by atoms with Crippen molar-refractivity contribution in [2.45, 2.75) is 49.6 Å². The molecule has 10 heteroatoms. The number of nitrogens with one attached hydrogen (secondary N) is 1. The summed E-state index contributed by atoms with van der Waals surface area (Å²) >= 11 is 6.56. The van der Waals surface area contributed by atoms with Gasteiger partial charge < -0.3 is 30.7 Å². The molecular formula is C30H33ClF2N2O5. The van der Waals surface area contributed by atoms with E-state index in [2.05, 4.69) is 5.32 Å². The number of amides is 1. The van der Waals surface area contributed by atoms with Gasteiger partial charge in [-0.15, -0.1) is 0 Å². The summed E-state index contributed by atoms with van der Waals surface area (Å²) in [4.78, 5) is 12.5. The van der Waals surface area contributed by atoms with Crippen LogP contribution in [0.15, 0.2) is 54.1 Å². The fraction of sp³-hybridized carbons (Fsp3) is 0.433. The number of rotatable bonds is 10. The second-order valence-corrected chi connectivity index (χ2v) is 11.2. The van der Waals surface area contributed by atoms with Gasteiger partial charge in [0.05, 0.1) is 18.2 Å². The third-order valence-corrected chi connectivity index (χ3v) is 8.53. The van der Waals surface area contributed by atoms with Crippen LogP contribution in [0.4, 0.5) is 8.78 Å². The minimum Gasteiger partial charge on any atom is -0.480 e. The summed E-state index contributed by atoms with van der Waals surface area (Å²) < 4.78 is 44.2. The molecule has 1 fully saturated rings. The number of halogens is 3. The predicted octanol–water partition coefficient (Wildman–Crippen LogP) is 3.58. The first kappa shape index (κ1) is 28.7. The van der Waals surface area contributed by atoms with Crippen LogP contribution in [0.2, 0.25) is 5.02 Å². The Morgan fingerprint density at radius 1 is 1.27 bits per heavy atom. The molecule has 2 aromatic rings. The molecular weight excluding hydrogens is 542 g/mol. The molecule has 0 bridgehead atoms. The van der Waals surface area contributed by atoms with Gasteiger partial charge in [0.15, 0.2) is 11.3 Å². The lowest BCUT2D eigenvalue weighted by atomic mass is 9.76. The molecule has 5 N–H and O–H groups in total. The molecule has 0 aromatic heterocycles. The van der Waals surface area contributed by atoms with Crippen LogP contribution in [-0.2, 0) is 21.6 Å². The largest absolute Gasteiger partial charge is 0.480 e. The Balaban J connectivity index is 1.61. The molecule has 1 amide bonds. The zero-order valence-electron chi connectivity index (χ0n) is 22.1. The van der Waals surface area contributed by atoms with Crippen LogP contribution in [0.1, 0.15) is 36.5 Å². The summed E-state index contributed by atoms with van der Waals surface area (Å²) in [5, 5.41) is 21.8. The van der Waals surface area contributed by atoms with Crippen LogP contribution >= 0.6 is 11.6 Å². The van der Waals surface area contributed by atoms with E-state index in [9.17, 15) is 15.0 Å². The van der Waals surface area contributed by atoms with E-state index in [0.29, 0.717) is 12.1 Å². The molecule has 40 heavy (non-hydrogen) atoms. The highest BCUT2D eigenvalue weighted by molar-refractivity contribution is 6.33. The van der Waals surface area contributed by atoms with Crippen molar-refractivity contribution in [3.05, 3.63) is 81.7 Å². The van der Waals surface area contributed by atoms with E-state index in [1.54, 1.807) is 0 Å². The number of carbonyl (C=O) groups is 1. The number of hydrogen-bond acceptors (Lipinski definition) is 6. The summed E-state index contributed by atoms with van der Waals surface area (Å²) in [5.74, 6) is -1.28. The number of aliphatic hydroxyl groups is 2. The van der Waals surface area contributed by atoms with E-state index in [1.165, 1.54) is 25.1 Å². The maximum atomic E-state index is 16.7. The van der Waals surface area contributed by atoms with Crippen molar-refractivity contribution in [3.63, 3.8) is 0 Å². The van der Waals surface area contributed by atoms with E-state index in [1.807, 2.05) is 30.3 Å². The highest BCUT2D eigenvalue weighted by Crippen LogP contribution is 2.52. The minimum atomic E-state index is -2.35. The molecule has 5 rings (SSSR count). The van der Waals surface area contributed by atoms with Gasteiger partial charge in [-0.25, -0.2) is 8.78 Å². The van der Waals surface area contributed by atoms with Crippen molar-refractivity contribution in [1.29, 1.82) is 0 Å². The topological polar surface area (TPSA) is 114 Å². The molecule has 3 atom stereocenters. The highest BCUT2D eigenvalue weighted by Gasteiger charge is 2.49. The summed E-state index contributed by atoms with van der Waals surface area (Å²) in [6.07, 6.45) is 3.40. The van der Waals surface area contributed by atoms with Crippen molar-refractivity contribution < 1.29 is 33.3 Å². The van der Waals surface area contributed by atoms with Gasteiger partial charge >= 0.3 is 0 Å². The third-order valence-electron chi connectivity index (χ3n) is 8.16. The Labute approximate surface area is 236 Å². The molecule has 0 radical (unpaired) electrons. The number of aliphatic hydroxyl groups excluding tert-OH is 2. The normalized spacial score (nSPS) is 29.2. The SMILES string of the molecule is CC1(F)C(c2c(Cl)c(F)cc3c2C[C@@](CN[C@H]2C[C@H](CO)C2)(c2ccccc2)O3)=C(C(N)=O)C=CC1OCCO. The maximum Gasteiger partial charge on any atom is 0.249 e. The lowest BCUT2D eigenvalue weighted by Gasteiger charge is -2.38. The van der Waals surface area contributed by atoms with Crippen molar-refractivity contribution in [3.8, 4) is 5.75 Å². The summed E-state index contributed by atoms with van der Waals surface area (Å²) in [6.45, 7) is 1.25. The Bertz CT molecular complexity index is 1340. The zero-order chi connectivity index (χ0) is 28.7. The average Bonchev–Trinajstić information content (AvgIpc) is 3.27. The van der Waals surface area contributed by atoms with Gasteiger partial charge in [0.25, 0.3) is 0 Å². The molecule has 1 saturated carbocycles. The van der Waals surface area contributed by atoms with Crippen LogP contribution in [0.3, 0.4) is 0 Å². The van der Waals surface area contributed by atoms with Gasteiger partial charge in [0.1, 0.15) is 17.7 Å². The number of primary amides is 1. The first-order valence-electron chi connectivity index (χ1n) is 13.4. The molecule has 7 nitrogen and oxygen atoms in total. The van der Waals surface area contributed by atoms with Crippen molar-refractivity contribution in [2.24, 2.45) is 11.7 Å². The number of hydrogen-bond donors (Lipinski definition) is 4. The highest BCUT2D eigenvalue weighted by atomic mass is 35.5. The smallest absolute Gasteiger partial charge is 0.249 e. The van der Waals surface area contributed by atoms with Crippen LogP contribution < -0.4 is 15.8 Å². The Kier molecular flexibility index (Phi) is 8.05. The summed E-state index contributed by atoms with van der Waals surface area (Å²) in [5.41, 5.74) is 3.32. The van der Waals surface area contributed by atoms with Crippen LogP contribution in [0.5, 0.6) is 5.75 Å². The van der Waals surface area contributed by atoms with Gasteiger partial charge in [-0.3, -0.25) is 4.79 Å². The summed E-state index contributed by atoms with van der Waals surface area (Å²) in [6, 6.07) is 10.8. The van der Waals surface area contributed by atoms with Crippen molar-refractivity contribution in [1.82, 2.24) is 5.32 Å². The van der Waals surface area contributed by atoms with Gasteiger partial charge in [-0.2, -0.15) is 0 Å². The van der Waals surface area contributed by atoms with Gasteiger partial charge in [0.2, 0.25) is 5.91 Å². The van der Waals surface area contributed by atoms with Gasteiger partial charge in [-0.1, -0.05) is 54.1 Å². The molecule has 0 spiro atoms. The maximum absolute atomic E-state index is 16.7. The van der Waals surface area contributed by atoms with Crippen molar-refractivity contribution in [2.75, 3.05) is 26.4 Å². The monoisotopic (exact) mass is 574 g/mol. The van der Waals surface area contributed by atoms with E-state index in [0.717, 1.165) is 18.4 Å². The average molecular weight is 575 g/mol. The van der Waals surface area contributed by atoms with Crippen LogP contribution in [0.25, 0.3) is 5.57 Å². The van der Waals surface area contributed by atoms with Crippen LogP contribution in [0, 0.1) is 11.7 Å². The van der Waals surface area contributed by atoms with E-state index in [-0.39, 0.29) is 65.7 Å². The fourth-order valence-corrected chi connectivity index (χ4v) is 6.26. The molecule has 1 heterocycles. The first-order valence-corrected chi connectivity index (χ1v) is 13.7. The minimum absolute atomic E-state index is 0.0132. The Morgan fingerprint density at radius 3 is 2.65 bits per heavy atom. The molecule has 2 aromatic carbocycles. The predicted molar refractivity (Wildman–Crippen MR) is 147 cm³/mol. The molecule has 2 aliphatic carbocycles. The van der Waals surface area contributed by atoms with E-state index >= 15 is 8.78 Å². The molecule has 2 unspecified atom stereocenters. The summed E-state index contributed by atoms with van der Waals surface area (Å²) in [7, 11) is 0. The van der Waals surface area contributed by atoms with Crippen molar-refractivity contribution >= 4 is 23.1 Å². The second kappa shape index (κ2) is 11.2.